The number of rotatable bonds is 14. The van der Waals surface area contributed by atoms with Gasteiger partial charge in [-0.15, -0.1) is 0 Å². The Balaban J connectivity index is 1.01. The molecule has 0 aromatic heterocycles. The molecule has 272 valence electrons. The van der Waals surface area contributed by atoms with Crippen molar-refractivity contribution in [3.63, 3.8) is 0 Å². The number of anilines is 6. The zero-order chi connectivity index (χ0) is 37.5. The van der Waals surface area contributed by atoms with Crippen LogP contribution in [0.1, 0.15) is 33.4 Å². The first-order chi connectivity index (χ1) is 25.6. The molecule has 6 aromatic carbocycles. The molecule has 0 saturated heterocycles. The van der Waals surface area contributed by atoms with E-state index >= 15 is 0 Å². The van der Waals surface area contributed by atoms with E-state index in [0.717, 1.165) is 33.4 Å². The number of nitrogens with one attached hydrogen (secondary N) is 6. The number of hydrazine groups is 2. The molecule has 0 aliphatic heterocycles. The van der Waals surface area contributed by atoms with Crippen molar-refractivity contribution in [2.45, 2.75) is 19.3 Å². The second kappa shape index (κ2) is 15.9. The first-order valence-corrected chi connectivity index (χ1v) is 16.9. The molecule has 0 aliphatic carbocycles. The van der Waals surface area contributed by atoms with Gasteiger partial charge in [-0.2, -0.15) is 0 Å². The summed E-state index contributed by atoms with van der Waals surface area (Å²) in [5.74, 6) is 0.364. The van der Waals surface area contributed by atoms with Gasteiger partial charge in [-0.05, 0) is 125 Å². The highest BCUT2D eigenvalue weighted by Crippen LogP contribution is 2.33. The van der Waals surface area contributed by atoms with Crippen molar-refractivity contribution in [2.24, 2.45) is 0 Å². The van der Waals surface area contributed by atoms with Crippen molar-refractivity contribution >= 4 is 34.1 Å². The lowest BCUT2D eigenvalue weighted by Gasteiger charge is -2.15. The molecular formula is C41H42N6O6. The maximum absolute atomic E-state index is 10.7. The summed E-state index contributed by atoms with van der Waals surface area (Å²) in [7, 11) is 3.48. The van der Waals surface area contributed by atoms with Gasteiger partial charge >= 0.3 is 0 Å². The minimum absolute atomic E-state index is 0.00156. The largest absolute Gasteiger partial charge is 0.506 e. The second-order valence-corrected chi connectivity index (χ2v) is 12.6. The normalized spacial score (nSPS) is 10.8. The van der Waals surface area contributed by atoms with Crippen LogP contribution in [0.3, 0.4) is 0 Å². The third-order valence-electron chi connectivity index (χ3n) is 8.80. The number of hydrogen-bond donors (Lipinski definition) is 12. The molecule has 12 heteroatoms. The molecular weight excluding hydrogens is 672 g/mol. The highest BCUT2D eigenvalue weighted by Gasteiger charge is 2.11. The Bertz CT molecular complexity index is 2090. The summed E-state index contributed by atoms with van der Waals surface area (Å²) in [6.07, 6.45) is 1.49. The lowest BCUT2D eigenvalue weighted by atomic mass is 10.0. The summed E-state index contributed by atoms with van der Waals surface area (Å²) >= 11 is 0. The smallest absolute Gasteiger partial charge is 0.140 e. The molecule has 0 spiro atoms. The van der Waals surface area contributed by atoms with Crippen molar-refractivity contribution in [3.8, 4) is 34.5 Å². The van der Waals surface area contributed by atoms with E-state index < -0.39 is 0 Å². The van der Waals surface area contributed by atoms with Gasteiger partial charge in [0.15, 0.2) is 0 Å². The molecule has 0 atom stereocenters. The van der Waals surface area contributed by atoms with Gasteiger partial charge in [0, 0.05) is 14.1 Å². The average Bonchev–Trinajstić information content (AvgIpc) is 3.12. The minimum atomic E-state index is -0.00156. The Kier molecular flexibility index (Phi) is 10.7. The summed E-state index contributed by atoms with van der Waals surface area (Å²) in [5, 5.41) is 68.7. The van der Waals surface area contributed by atoms with Crippen molar-refractivity contribution in [1.82, 2.24) is 0 Å². The van der Waals surface area contributed by atoms with E-state index in [1.54, 1.807) is 86.9 Å². The van der Waals surface area contributed by atoms with E-state index in [1.165, 1.54) is 0 Å². The van der Waals surface area contributed by atoms with E-state index in [9.17, 15) is 30.6 Å². The molecule has 6 aromatic rings. The summed E-state index contributed by atoms with van der Waals surface area (Å²) in [5.41, 5.74) is 19.8. The molecule has 0 amide bonds. The Morgan fingerprint density at radius 2 is 0.491 bits per heavy atom. The fourth-order valence-electron chi connectivity index (χ4n) is 5.95. The van der Waals surface area contributed by atoms with E-state index in [2.05, 4.69) is 32.3 Å². The second-order valence-electron chi connectivity index (χ2n) is 12.6. The van der Waals surface area contributed by atoms with Crippen LogP contribution in [0, 0.1) is 0 Å². The summed E-state index contributed by atoms with van der Waals surface area (Å²) in [6.45, 7) is 0. The van der Waals surface area contributed by atoms with Gasteiger partial charge in [-0.1, -0.05) is 36.4 Å². The molecule has 0 radical (unpaired) electrons. The Morgan fingerprint density at radius 3 is 0.660 bits per heavy atom. The number of aromatic hydroxyl groups is 6. The standard InChI is InChI=1S/C41H42N6O6/c1-42-30-9-3-24(18-36(30)48)15-26-5-11-32(38(50)20-26)44-46-34-13-7-28(22-40(34)52)17-29-8-14-35(41(53)23-29)47-45-33-12-6-27(21-39(33)51)16-25-4-10-31(43-2)37(49)19-25/h3-14,18-23,42-53H,15-17H2,1-2H3. The third-order valence-corrected chi connectivity index (χ3v) is 8.80. The van der Waals surface area contributed by atoms with E-state index in [0.29, 0.717) is 53.4 Å². The van der Waals surface area contributed by atoms with Gasteiger partial charge < -0.3 is 41.3 Å². The van der Waals surface area contributed by atoms with Gasteiger partial charge in [-0.3, -0.25) is 21.7 Å². The first-order valence-electron chi connectivity index (χ1n) is 16.9. The molecule has 0 aliphatic rings. The van der Waals surface area contributed by atoms with Gasteiger partial charge in [0.2, 0.25) is 0 Å². The van der Waals surface area contributed by atoms with Crippen LogP contribution < -0.4 is 32.3 Å². The van der Waals surface area contributed by atoms with Crippen molar-refractivity contribution < 1.29 is 30.6 Å². The lowest BCUT2D eigenvalue weighted by molar-refractivity contribution is 0.474. The van der Waals surface area contributed by atoms with Gasteiger partial charge in [0.25, 0.3) is 0 Å². The molecule has 6 rings (SSSR count). The number of phenolic OH excluding ortho intramolecular Hbond substituents is 6. The fourth-order valence-corrected chi connectivity index (χ4v) is 5.95. The minimum Gasteiger partial charge on any atom is -0.506 e. The topological polar surface area (TPSA) is 194 Å². The first kappa shape index (κ1) is 35.7. The maximum Gasteiger partial charge on any atom is 0.140 e. The molecule has 53 heavy (non-hydrogen) atoms. The molecule has 12 nitrogen and oxygen atoms in total. The van der Waals surface area contributed by atoms with E-state index in [-0.39, 0.29) is 34.5 Å². The van der Waals surface area contributed by atoms with Crippen molar-refractivity contribution in [1.29, 1.82) is 0 Å². The number of benzene rings is 6. The predicted molar refractivity (Wildman–Crippen MR) is 211 cm³/mol. The Hall–Kier alpha value is -7.08. The SMILES string of the molecule is CNc1ccc(Cc2ccc(NNc3ccc(Cc4ccc(NNc5ccc(Cc6ccc(NC)c(O)c6)cc5O)c(O)c4)cc3O)c(O)c2)cc1O. The van der Waals surface area contributed by atoms with E-state index in [1.807, 2.05) is 36.4 Å². The van der Waals surface area contributed by atoms with Crippen molar-refractivity contribution in [3.05, 3.63) is 143 Å². The van der Waals surface area contributed by atoms with Gasteiger partial charge in [-0.25, -0.2) is 0 Å². The molecule has 0 heterocycles. The van der Waals surface area contributed by atoms with Crippen LogP contribution in [0.25, 0.3) is 0 Å². The quantitative estimate of drug-likeness (QED) is 0.0390. The predicted octanol–water partition coefficient (Wildman–Crippen LogP) is 7.65. The van der Waals surface area contributed by atoms with Crippen LogP contribution in [-0.2, 0) is 19.3 Å². The van der Waals surface area contributed by atoms with Crippen LogP contribution in [0.4, 0.5) is 34.1 Å². The molecule has 12 N–H and O–H groups in total. The Morgan fingerprint density at radius 1 is 0.302 bits per heavy atom. The molecule has 0 fully saturated rings. The van der Waals surface area contributed by atoms with Crippen molar-refractivity contribution in [2.75, 3.05) is 46.4 Å². The zero-order valence-electron chi connectivity index (χ0n) is 29.2. The van der Waals surface area contributed by atoms with E-state index in [4.69, 9.17) is 0 Å². The monoisotopic (exact) mass is 714 g/mol. The summed E-state index contributed by atoms with van der Waals surface area (Å²) < 4.78 is 0. The van der Waals surface area contributed by atoms with Crippen LogP contribution >= 0.6 is 0 Å². The number of phenols is 6. The summed E-state index contributed by atoms with van der Waals surface area (Å²) in [6, 6.07) is 31.6. The van der Waals surface area contributed by atoms with Crippen LogP contribution in [0.5, 0.6) is 34.5 Å². The highest BCUT2D eigenvalue weighted by atomic mass is 16.3. The average molecular weight is 715 g/mol. The molecule has 0 unspecified atom stereocenters. The van der Waals surface area contributed by atoms with Crippen LogP contribution in [-0.4, -0.2) is 44.7 Å². The van der Waals surface area contributed by atoms with Crippen LogP contribution in [0.2, 0.25) is 0 Å². The van der Waals surface area contributed by atoms with Crippen LogP contribution in [0.15, 0.2) is 109 Å². The Labute approximate surface area is 307 Å². The molecule has 0 saturated carbocycles. The van der Waals surface area contributed by atoms with Gasteiger partial charge in [0.05, 0.1) is 34.1 Å². The lowest BCUT2D eigenvalue weighted by Crippen LogP contribution is -2.09. The number of hydrogen-bond acceptors (Lipinski definition) is 12. The van der Waals surface area contributed by atoms with Gasteiger partial charge in [0.1, 0.15) is 34.5 Å². The third kappa shape index (κ3) is 8.81. The maximum atomic E-state index is 10.7. The fraction of sp³-hybridized carbons (Fsp3) is 0.122. The molecule has 0 bridgehead atoms. The highest BCUT2D eigenvalue weighted by molar-refractivity contribution is 5.67. The summed E-state index contributed by atoms with van der Waals surface area (Å²) in [4.78, 5) is 0. The zero-order valence-corrected chi connectivity index (χ0v) is 29.2.